The molecule has 1 aromatic heterocycles. The number of nitrogens with zero attached hydrogens (tertiary/aromatic N) is 4. The third-order valence-corrected chi connectivity index (χ3v) is 5.28. The van der Waals surface area contributed by atoms with Gasteiger partial charge in [0.1, 0.15) is 5.75 Å². The van der Waals surface area contributed by atoms with Gasteiger partial charge in [0.15, 0.2) is 11.6 Å². The van der Waals surface area contributed by atoms with Crippen molar-refractivity contribution < 1.29 is 9.53 Å². The Kier molecular flexibility index (Phi) is 4.84. The summed E-state index contributed by atoms with van der Waals surface area (Å²) in [5.74, 6) is 1.90. The van der Waals surface area contributed by atoms with Crippen molar-refractivity contribution in [1.82, 2.24) is 15.1 Å². The number of Topliss-reactive ketones (excluding diaryl/α,β-unsaturated/α-hetero) is 1. The molecule has 0 bridgehead atoms. The molecular formula is C20H24N4O2. The number of benzene rings is 1. The number of rotatable bonds is 5. The summed E-state index contributed by atoms with van der Waals surface area (Å²) in [5.41, 5.74) is 3.25. The van der Waals surface area contributed by atoms with Crippen molar-refractivity contribution in [2.24, 2.45) is 0 Å². The third kappa shape index (κ3) is 3.55. The van der Waals surface area contributed by atoms with Crippen LogP contribution in [0.2, 0.25) is 0 Å². The molecule has 1 aromatic carbocycles. The molecule has 1 aliphatic heterocycles. The lowest BCUT2D eigenvalue weighted by atomic mass is 10.1. The average Bonchev–Trinajstić information content (AvgIpc) is 3.16. The minimum absolute atomic E-state index is 0.151. The Bertz CT molecular complexity index is 783. The van der Waals surface area contributed by atoms with Crippen molar-refractivity contribution in [2.75, 3.05) is 44.7 Å². The summed E-state index contributed by atoms with van der Waals surface area (Å²) in [5, 5.41) is 8.79. The molecule has 26 heavy (non-hydrogen) atoms. The topological polar surface area (TPSA) is 58.6 Å². The van der Waals surface area contributed by atoms with Gasteiger partial charge in [-0.2, -0.15) is 5.10 Å². The Morgan fingerprint density at radius 2 is 1.85 bits per heavy atom. The van der Waals surface area contributed by atoms with E-state index in [4.69, 9.17) is 4.74 Å². The van der Waals surface area contributed by atoms with E-state index in [2.05, 4.69) is 26.1 Å². The first-order valence-electron chi connectivity index (χ1n) is 9.23. The van der Waals surface area contributed by atoms with Crippen LogP contribution in [0.5, 0.6) is 5.75 Å². The van der Waals surface area contributed by atoms with E-state index < -0.39 is 0 Å². The van der Waals surface area contributed by atoms with E-state index in [1.807, 2.05) is 24.3 Å². The zero-order valence-electron chi connectivity index (χ0n) is 15.1. The van der Waals surface area contributed by atoms with Crippen LogP contribution in [0.1, 0.15) is 28.0 Å². The van der Waals surface area contributed by atoms with Crippen LogP contribution in [0, 0.1) is 0 Å². The maximum absolute atomic E-state index is 12.5. The zero-order chi connectivity index (χ0) is 17.9. The number of ketones is 1. The van der Waals surface area contributed by atoms with Gasteiger partial charge in [0.05, 0.1) is 19.3 Å². The van der Waals surface area contributed by atoms with Gasteiger partial charge >= 0.3 is 0 Å². The molecule has 0 unspecified atom stereocenters. The standard InChI is InChI=1S/C20H24N4O2/c1-26-17-7-5-15(6-8-17)19(25)14-23-9-11-24(12-10-23)20-13-16-3-2-4-18(16)21-22-20/h5-8,13H,2-4,9-12,14H2,1H3. The van der Waals surface area contributed by atoms with E-state index in [9.17, 15) is 4.79 Å². The Balaban J connectivity index is 1.32. The van der Waals surface area contributed by atoms with Gasteiger partial charge in [0, 0.05) is 31.7 Å². The highest BCUT2D eigenvalue weighted by Crippen LogP contribution is 2.23. The molecule has 2 aromatic rings. The summed E-state index contributed by atoms with van der Waals surface area (Å²) in [6, 6.07) is 9.53. The van der Waals surface area contributed by atoms with Crippen molar-refractivity contribution in [3.63, 3.8) is 0 Å². The van der Waals surface area contributed by atoms with Crippen molar-refractivity contribution >= 4 is 11.6 Å². The SMILES string of the molecule is COc1ccc(C(=O)CN2CCN(c3cc4c(nn3)CCC4)CC2)cc1. The molecule has 1 fully saturated rings. The Morgan fingerprint density at radius 1 is 1.08 bits per heavy atom. The lowest BCUT2D eigenvalue weighted by molar-refractivity contribution is 0.0926. The van der Waals surface area contributed by atoms with Gasteiger partial charge in [-0.3, -0.25) is 9.69 Å². The van der Waals surface area contributed by atoms with Crippen LogP contribution in [-0.4, -0.2) is 60.7 Å². The normalized spacial score (nSPS) is 17.2. The maximum Gasteiger partial charge on any atom is 0.176 e. The molecule has 0 atom stereocenters. The highest BCUT2D eigenvalue weighted by molar-refractivity contribution is 5.97. The van der Waals surface area contributed by atoms with Crippen molar-refractivity contribution in [3.8, 4) is 5.75 Å². The van der Waals surface area contributed by atoms with E-state index >= 15 is 0 Å². The van der Waals surface area contributed by atoms with Crippen LogP contribution in [0.25, 0.3) is 0 Å². The van der Waals surface area contributed by atoms with Gasteiger partial charge < -0.3 is 9.64 Å². The fourth-order valence-corrected chi connectivity index (χ4v) is 3.68. The van der Waals surface area contributed by atoms with E-state index in [-0.39, 0.29) is 5.78 Å². The molecule has 4 rings (SSSR count). The molecule has 1 saturated heterocycles. The predicted molar refractivity (Wildman–Crippen MR) is 100 cm³/mol. The van der Waals surface area contributed by atoms with Crippen molar-refractivity contribution in [1.29, 1.82) is 0 Å². The first kappa shape index (κ1) is 17.0. The van der Waals surface area contributed by atoms with E-state index in [0.717, 1.165) is 61.8 Å². The molecule has 0 N–H and O–H groups in total. The second kappa shape index (κ2) is 7.41. The summed E-state index contributed by atoms with van der Waals surface area (Å²) in [6.07, 6.45) is 3.37. The number of hydrogen-bond donors (Lipinski definition) is 0. The molecule has 0 saturated carbocycles. The molecular weight excluding hydrogens is 328 g/mol. The lowest BCUT2D eigenvalue weighted by Crippen LogP contribution is -2.48. The Morgan fingerprint density at radius 3 is 2.58 bits per heavy atom. The number of aromatic nitrogens is 2. The highest BCUT2D eigenvalue weighted by Gasteiger charge is 2.22. The van der Waals surface area contributed by atoms with Crippen LogP contribution in [0.15, 0.2) is 30.3 Å². The number of carbonyl (C=O) groups excluding carboxylic acids is 1. The van der Waals surface area contributed by atoms with Gasteiger partial charge in [-0.1, -0.05) is 0 Å². The van der Waals surface area contributed by atoms with Gasteiger partial charge in [0.2, 0.25) is 0 Å². The fourth-order valence-electron chi connectivity index (χ4n) is 3.68. The quantitative estimate of drug-likeness (QED) is 0.767. The number of piperazine rings is 1. The first-order chi connectivity index (χ1) is 12.7. The summed E-state index contributed by atoms with van der Waals surface area (Å²) in [4.78, 5) is 17.0. The molecule has 6 heteroatoms. The second-order valence-corrected chi connectivity index (χ2v) is 6.94. The molecule has 1 aliphatic carbocycles. The lowest BCUT2D eigenvalue weighted by Gasteiger charge is -2.34. The van der Waals surface area contributed by atoms with Gasteiger partial charge in [-0.15, -0.1) is 5.10 Å². The highest BCUT2D eigenvalue weighted by atomic mass is 16.5. The third-order valence-electron chi connectivity index (χ3n) is 5.28. The molecule has 6 nitrogen and oxygen atoms in total. The monoisotopic (exact) mass is 352 g/mol. The van der Waals surface area contributed by atoms with E-state index in [1.165, 1.54) is 12.0 Å². The van der Waals surface area contributed by atoms with Crippen LogP contribution in [0.4, 0.5) is 5.82 Å². The van der Waals surface area contributed by atoms with Crippen molar-refractivity contribution in [3.05, 3.63) is 47.2 Å². The zero-order valence-corrected chi connectivity index (χ0v) is 15.1. The largest absolute Gasteiger partial charge is 0.497 e. The van der Waals surface area contributed by atoms with Crippen LogP contribution < -0.4 is 9.64 Å². The molecule has 0 radical (unpaired) electrons. The minimum atomic E-state index is 0.151. The molecule has 0 spiro atoms. The second-order valence-electron chi connectivity index (χ2n) is 6.94. The Labute approximate surface area is 153 Å². The first-order valence-corrected chi connectivity index (χ1v) is 9.23. The molecule has 136 valence electrons. The molecule has 0 amide bonds. The Hall–Kier alpha value is -2.47. The minimum Gasteiger partial charge on any atom is -0.497 e. The van der Waals surface area contributed by atoms with Crippen LogP contribution >= 0.6 is 0 Å². The molecule has 2 aliphatic rings. The predicted octanol–water partition coefficient (Wildman–Crippen LogP) is 1.98. The number of ether oxygens (including phenoxy) is 1. The average molecular weight is 352 g/mol. The smallest absolute Gasteiger partial charge is 0.176 e. The number of aryl methyl sites for hydroxylation is 2. The van der Waals surface area contributed by atoms with Crippen LogP contribution in [-0.2, 0) is 12.8 Å². The van der Waals surface area contributed by atoms with Gasteiger partial charge in [-0.25, -0.2) is 0 Å². The number of anilines is 1. The number of methoxy groups -OCH3 is 1. The summed E-state index contributed by atoms with van der Waals surface area (Å²) in [7, 11) is 1.63. The number of carbonyl (C=O) groups is 1. The van der Waals surface area contributed by atoms with Crippen molar-refractivity contribution in [2.45, 2.75) is 19.3 Å². The summed E-state index contributed by atoms with van der Waals surface area (Å²) in [6.45, 7) is 3.93. The number of fused-ring (bicyclic) bond motifs is 1. The van der Waals surface area contributed by atoms with Gasteiger partial charge in [0.25, 0.3) is 0 Å². The summed E-state index contributed by atoms with van der Waals surface area (Å²) >= 11 is 0. The number of hydrogen-bond acceptors (Lipinski definition) is 6. The fraction of sp³-hybridized carbons (Fsp3) is 0.450. The maximum atomic E-state index is 12.5. The van der Waals surface area contributed by atoms with Gasteiger partial charge in [-0.05, 0) is 55.2 Å². The molecule has 2 heterocycles. The van der Waals surface area contributed by atoms with E-state index in [0.29, 0.717) is 6.54 Å². The van der Waals surface area contributed by atoms with Crippen LogP contribution in [0.3, 0.4) is 0 Å². The summed E-state index contributed by atoms with van der Waals surface area (Å²) < 4.78 is 5.14. The van der Waals surface area contributed by atoms with E-state index in [1.54, 1.807) is 7.11 Å².